The summed E-state index contributed by atoms with van der Waals surface area (Å²) in [6, 6.07) is 4.17. The molecule has 0 aromatic heterocycles. The van der Waals surface area contributed by atoms with Crippen molar-refractivity contribution < 1.29 is 27.5 Å². The standard InChI is InChI=1S/C19H23F3N2O3/c1-3-17(25)24-9-7-13(8-10-24)18(26)23-16(12-27-2)14-5-4-6-15(11-14)19(20,21)22/h3-6,11,13,16H,1,7-10,12H2,2H3,(H,23,26). The van der Waals surface area contributed by atoms with Crippen molar-refractivity contribution in [1.82, 2.24) is 10.2 Å². The molecule has 27 heavy (non-hydrogen) atoms. The monoisotopic (exact) mass is 384 g/mol. The number of methoxy groups -OCH3 is 1. The highest BCUT2D eigenvalue weighted by molar-refractivity contribution is 5.87. The molecule has 0 aliphatic carbocycles. The van der Waals surface area contributed by atoms with Crippen LogP contribution in [0.3, 0.4) is 0 Å². The molecular weight excluding hydrogens is 361 g/mol. The molecule has 1 atom stereocenters. The lowest BCUT2D eigenvalue weighted by atomic mass is 9.94. The average molecular weight is 384 g/mol. The van der Waals surface area contributed by atoms with Gasteiger partial charge < -0.3 is 15.0 Å². The van der Waals surface area contributed by atoms with Crippen molar-refractivity contribution in [2.75, 3.05) is 26.8 Å². The van der Waals surface area contributed by atoms with Gasteiger partial charge in [0.05, 0.1) is 18.2 Å². The van der Waals surface area contributed by atoms with E-state index in [1.165, 1.54) is 25.3 Å². The van der Waals surface area contributed by atoms with Gasteiger partial charge in [0, 0.05) is 26.1 Å². The van der Waals surface area contributed by atoms with Crippen LogP contribution in [0.2, 0.25) is 0 Å². The molecule has 2 amide bonds. The summed E-state index contributed by atoms with van der Waals surface area (Å²) in [5.41, 5.74) is -0.439. The first kappa shape index (κ1) is 21.0. The molecule has 1 aromatic rings. The summed E-state index contributed by atoms with van der Waals surface area (Å²) in [6.45, 7) is 4.39. The molecule has 1 saturated heterocycles. The van der Waals surface area contributed by atoms with Crippen LogP contribution in [0.1, 0.15) is 30.0 Å². The third kappa shape index (κ3) is 5.56. The summed E-state index contributed by atoms with van der Waals surface area (Å²) in [5.74, 6) is -0.723. The van der Waals surface area contributed by atoms with E-state index < -0.39 is 17.8 Å². The first-order chi connectivity index (χ1) is 12.8. The van der Waals surface area contributed by atoms with Gasteiger partial charge in [-0.1, -0.05) is 18.7 Å². The lowest BCUT2D eigenvalue weighted by molar-refractivity contribution is -0.137. The number of amides is 2. The number of hydrogen-bond donors (Lipinski definition) is 1. The molecule has 1 N–H and O–H groups in total. The van der Waals surface area contributed by atoms with Gasteiger partial charge in [0.25, 0.3) is 0 Å². The normalized spacial score (nSPS) is 16.7. The van der Waals surface area contributed by atoms with Gasteiger partial charge in [-0.25, -0.2) is 0 Å². The zero-order chi connectivity index (χ0) is 20.0. The number of ether oxygens (including phenoxy) is 1. The lowest BCUT2D eigenvalue weighted by Crippen LogP contribution is -2.43. The molecule has 0 radical (unpaired) electrons. The molecule has 1 fully saturated rings. The van der Waals surface area contributed by atoms with Crippen molar-refractivity contribution in [2.24, 2.45) is 5.92 Å². The fourth-order valence-electron chi connectivity index (χ4n) is 3.10. The van der Waals surface area contributed by atoms with E-state index >= 15 is 0 Å². The topological polar surface area (TPSA) is 58.6 Å². The molecular formula is C19H23F3N2O3. The summed E-state index contributed by atoms with van der Waals surface area (Å²) >= 11 is 0. The summed E-state index contributed by atoms with van der Waals surface area (Å²) in [4.78, 5) is 25.8. The molecule has 1 unspecified atom stereocenters. The Morgan fingerprint density at radius 3 is 2.59 bits per heavy atom. The molecule has 1 aliphatic heterocycles. The number of nitrogens with one attached hydrogen (secondary N) is 1. The second kappa shape index (κ2) is 9.03. The number of likely N-dealkylation sites (tertiary alicyclic amines) is 1. The number of piperidine rings is 1. The number of rotatable bonds is 6. The highest BCUT2D eigenvalue weighted by Gasteiger charge is 2.32. The molecule has 5 nitrogen and oxygen atoms in total. The Kier molecular flexibility index (Phi) is 7.01. The Balaban J connectivity index is 2.05. The highest BCUT2D eigenvalue weighted by Crippen LogP contribution is 2.31. The van der Waals surface area contributed by atoms with Crippen LogP contribution in [0.4, 0.5) is 13.2 Å². The van der Waals surface area contributed by atoms with Gasteiger partial charge >= 0.3 is 6.18 Å². The molecule has 0 bridgehead atoms. The second-order valence-electron chi connectivity index (χ2n) is 6.44. The Labute approximate surface area is 156 Å². The van der Waals surface area contributed by atoms with E-state index in [0.717, 1.165) is 12.1 Å². The largest absolute Gasteiger partial charge is 0.416 e. The first-order valence-corrected chi connectivity index (χ1v) is 8.64. The number of carbonyl (C=O) groups excluding carboxylic acids is 2. The third-order valence-corrected chi connectivity index (χ3v) is 4.62. The third-order valence-electron chi connectivity index (χ3n) is 4.62. The van der Waals surface area contributed by atoms with Crippen molar-refractivity contribution in [3.05, 3.63) is 48.0 Å². The molecule has 8 heteroatoms. The maximum atomic E-state index is 12.9. The van der Waals surface area contributed by atoms with Crippen molar-refractivity contribution in [3.8, 4) is 0 Å². The Morgan fingerprint density at radius 2 is 2.04 bits per heavy atom. The van der Waals surface area contributed by atoms with Gasteiger partial charge in [-0.05, 0) is 36.6 Å². The molecule has 1 heterocycles. The van der Waals surface area contributed by atoms with Crippen molar-refractivity contribution in [2.45, 2.75) is 25.1 Å². The van der Waals surface area contributed by atoms with E-state index in [2.05, 4.69) is 11.9 Å². The number of benzene rings is 1. The van der Waals surface area contributed by atoms with E-state index in [-0.39, 0.29) is 24.3 Å². The number of hydrogen-bond acceptors (Lipinski definition) is 3. The van der Waals surface area contributed by atoms with E-state index in [0.29, 0.717) is 31.5 Å². The van der Waals surface area contributed by atoms with Crippen LogP contribution >= 0.6 is 0 Å². The molecule has 2 rings (SSSR count). The van der Waals surface area contributed by atoms with Gasteiger partial charge in [0.2, 0.25) is 11.8 Å². The number of nitrogens with zero attached hydrogens (tertiary/aromatic N) is 1. The zero-order valence-electron chi connectivity index (χ0n) is 15.1. The van der Waals surface area contributed by atoms with Gasteiger partial charge in [0.15, 0.2) is 0 Å². The minimum Gasteiger partial charge on any atom is -0.382 e. The predicted molar refractivity (Wildman–Crippen MR) is 93.7 cm³/mol. The number of carbonyl (C=O) groups is 2. The van der Waals surface area contributed by atoms with Gasteiger partial charge in [-0.3, -0.25) is 9.59 Å². The van der Waals surface area contributed by atoms with Crippen LogP contribution in [0.15, 0.2) is 36.9 Å². The first-order valence-electron chi connectivity index (χ1n) is 8.64. The fourth-order valence-corrected chi connectivity index (χ4v) is 3.10. The van der Waals surface area contributed by atoms with E-state index in [1.54, 1.807) is 4.90 Å². The average Bonchev–Trinajstić information content (AvgIpc) is 2.66. The summed E-state index contributed by atoms with van der Waals surface area (Å²) < 4.78 is 43.9. The second-order valence-corrected chi connectivity index (χ2v) is 6.44. The molecule has 0 saturated carbocycles. The lowest BCUT2D eigenvalue weighted by Gasteiger charge is -2.31. The summed E-state index contributed by atoms with van der Waals surface area (Å²) in [7, 11) is 1.42. The van der Waals surface area contributed by atoms with E-state index in [1.807, 2.05) is 0 Å². The Hall–Kier alpha value is -2.35. The summed E-state index contributed by atoms with van der Waals surface area (Å²) in [6.07, 6.45) is -2.23. The minimum atomic E-state index is -4.46. The quantitative estimate of drug-likeness (QED) is 0.768. The Bertz CT molecular complexity index is 683. The molecule has 1 aliphatic rings. The summed E-state index contributed by atoms with van der Waals surface area (Å²) in [5, 5.41) is 2.79. The Morgan fingerprint density at radius 1 is 1.37 bits per heavy atom. The number of alkyl halides is 3. The van der Waals surface area contributed by atoms with Crippen molar-refractivity contribution >= 4 is 11.8 Å². The fraction of sp³-hybridized carbons (Fsp3) is 0.474. The minimum absolute atomic E-state index is 0.0564. The van der Waals surface area contributed by atoms with Crippen LogP contribution in [-0.4, -0.2) is 43.5 Å². The van der Waals surface area contributed by atoms with Crippen LogP contribution in [0.25, 0.3) is 0 Å². The van der Waals surface area contributed by atoms with E-state index in [9.17, 15) is 22.8 Å². The molecule has 1 aromatic carbocycles. The van der Waals surface area contributed by atoms with E-state index in [4.69, 9.17) is 4.74 Å². The highest BCUT2D eigenvalue weighted by atomic mass is 19.4. The van der Waals surface area contributed by atoms with Crippen LogP contribution < -0.4 is 5.32 Å². The SMILES string of the molecule is C=CC(=O)N1CCC(C(=O)NC(COC)c2cccc(C(F)(F)F)c2)CC1. The smallest absolute Gasteiger partial charge is 0.382 e. The van der Waals surface area contributed by atoms with Gasteiger partial charge in [-0.2, -0.15) is 13.2 Å². The van der Waals surface area contributed by atoms with Crippen LogP contribution in [0.5, 0.6) is 0 Å². The van der Waals surface area contributed by atoms with Crippen molar-refractivity contribution in [3.63, 3.8) is 0 Å². The maximum absolute atomic E-state index is 12.9. The molecule has 148 valence electrons. The zero-order valence-corrected chi connectivity index (χ0v) is 15.1. The van der Waals surface area contributed by atoms with Gasteiger partial charge in [-0.15, -0.1) is 0 Å². The van der Waals surface area contributed by atoms with Crippen LogP contribution in [0, 0.1) is 5.92 Å². The number of halogens is 3. The van der Waals surface area contributed by atoms with Crippen molar-refractivity contribution in [1.29, 1.82) is 0 Å². The van der Waals surface area contributed by atoms with Gasteiger partial charge in [0.1, 0.15) is 0 Å². The molecule has 0 spiro atoms. The predicted octanol–water partition coefficient (Wildman–Crippen LogP) is 2.93. The maximum Gasteiger partial charge on any atom is 0.416 e. The van der Waals surface area contributed by atoms with Crippen LogP contribution in [-0.2, 0) is 20.5 Å².